The predicted molar refractivity (Wildman–Crippen MR) is 26.8 cm³/mol. The molecule has 0 saturated heterocycles. The largest absolute Gasteiger partial charge is 0.472 e. The van der Waals surface area contributed by atoms with Gasteiger partial charge in [-0.25, -0.2) is 4.57 Å². The molecular weight excluding hydrogens is 131 g/mol. The molecule has 1 N–H and O–H groups in total. The van der Waals surface area contributed by atoms with Gasteiger partial charge in [-0.2, -0.15) is 0 Å². The summed E-state index contributed by atoms with van der Waals surface area (Å²) in [6.07, 6.45) is 0. The van der Waals surface area contributed by atoms with E-state index in [0.29, 0.717) is 0 Å². The first-order chi connectivity index (χ1) is 3.62. The smallest absolute Gasteiger partial charge is 0.302 e. The van der Waals surface area contributed by atoms with Crippen LogP contribution in [0.1, 0.15) is 6.92 Å². The van der Waals surface area contributed by atoms with Crippen LogP contribution in [0.4, 0.5) is 0 Å². The Morgan fingerprint density at radius 1 is 1.88 bits per heavy atom. The van der Waals surface area contributed by atoms with Crippen LogP contribution in [0, 0.1) is 7.11 Å². The van der Waals surface area contributed by atoms with E-state index in [0.717, 1.165) is 0 Å². The van der Waals surface area contributed by atoms with Crippen LogP contribution in [0.2, 0.25) is 0 Å². The fraction of sp³-hybridized carbons (Fsp3) is 0.667. The van der Waals surface area contributed by atoms with Gasteiger partial charge in [0.05, 0.1) is 6.61 Å². The average molecular weight is 138 g/mol. The number of phosphoric acid groups is 1. The molecule has 4 nitrogen and oxygen atoms in total. The van der Waals surface area contributed by atoms with Gasteiger partial charge < -0.3 is 4.89 Å². The molecule has 0 bridgehead atoms. The molecule has 2 radical (unpaired) electrons. The zero-order valence-corrected chi connectivity index (χ0v) is 5.30. The van der Waals surface area contributed by atoms with Gasteiger partial charge in [0, 0.05) is 0 Å². The van der Waals surface area contributed by atoms with Crippen molar-refractivity contribution >= 4 is 7.82 Å². The SMILES string of the molecule is [CH]OP(=O)(O)OCC. The second kappa shape index (κ2) is 3.20. The molecule has 0 saturated carbocycles. The summed E-state index contributed by atoms with van der Waals surface area (Å²) < 4.78 is 17.9. The second-order valence-electron chi connectivity index (χ2n) is 0.992. The van der Waals surface area contributed by atoms with Crippen molar-refractivity contribution < 1.29 is 18.5 Å². The fourth-order valence-electron chi connectivity index (χ4n) is 0.194. The molecule has 0 spiro atoms. The van der Waals surface area contributed by atoms with Crippen LogP contribution < -0.4 is 0 Å². The Morgan fingerprint density at radius 2 is 2.38 bits per heavy atom. The summed E-state index contributed by atoms with van der Waals surface area (Å²) in [7, 11) is 0.459. The van der Waals surface area contributed by atoms with Crippen LogP contribution in [-0.4, -0.2) is 11.5 Å². The average Bonchev–Trinajstić information content (AvgIpc) is 1.67. The molecule has 0 aliphatic carbocycles. The maximum atomic E-state index is 10.2. The van der Waals surface area contributed by atoms with Gasteiger partial charge in [0.15, 0.2) is 0 Å². The van der Waals surface area contributed by atoms with E-state index < -0.39 is 7.82 Å². The van der Waals surface area contributed by atoms with E-state index >= 15 is 0 Å². The van der Waals surface area contributed by atoms with E-state index in [4.69, 9.17) is 4.89 Å². The Morgan fingerprint density at radius 3 is 2.50 bits per heavy atom. The molecule has 0 aromatic heterocycles. The van der Waals surface area contributed by atoms with E-state index in [1.807, 2.05) is 0 Å². The van der Waals surface area contributed by atoms with Crippen LogP contribution in [-0.2, 0) is 13.6 Å². The minimum absolute atomic E-state index is 0.102. The highest BCUT2D eigenvalue weighted by molar-refractivity contribution is 7.47. The molecule has 1 unspecified atom stereocenters. The summed E-state index contributed by atoms with van der Waals surface area (Å²) in [6.45, 7) is 1.66. The van der Waals surface area contributed by atoms with E-state index in [9.17, 15) is 4.57 Å². The van der Waals surface area contributed by atoms with Crippen molar-refractivity contribution in [2.45, 2.75) is 6.92 Å². The first kappa shape index (κ1) is 8.11. The number of rotatable bonds is 3. The molecule has 0 aromatic rings. The first-order valence-corrected chi connectivity index (χ1v) is 3.47. The summed E-state index contributed by atoms with van der Waals surface area (Å²) in [5.74, 6) is 0. The summed E-state index contributed by atoms with van der Waals surface area (Å²) >= 11 is 0. The van der Waals surface area contributed by atoms with Gasteiger partial charge in [0.25, 0.3) is 0 Å². The van der Waals surface area contributed by atoms with Gasteiger partial charge in [-0.1, -0.05) is 0 Å². The molecule has 48 valence electrons. The van der Waals surface area contributed by atoms with Crippen molar-refractivity contribution in [3.63, 3.8) is 0 Å². The van der Waals surface area contributed by atoms with Crippen LogP contribution in [0.5, 0.6) is 0 Å². The fourth-order valence-corrected chi connectivity index (χ4v) is 0.581. The van der Waals surface area contributed by atoms with Gasteiger partial charge in [0.2, 0.25) is 0 Å². The topological polar surface area (TPSA) is 55.8 Å². The third kappa shape index (κ3) is 3.16. The Hall–Kier alpha value is 0.110. The Bertz CT molecular complexity index is 101. The van der Waals surface area contributed by atoms with Crippen LogP contribution in [0.15, 0.2) is 0 Å². The van der Waals surface area contributed by atoms with Crippen molar-refractivity contribution in [3.8, 4) is 0 Å². The Kier molecular flexibility index (Phi) is 3.24. The maximum Gasteiger partial charge on any atom is 0.472 e. The van der Waals surface area contributed by atoms with Crippen LogP contribution in [0.3, 0.4) is 0 Å². The van der Waals surface area contributed by atoms with Gasteiger partial charge in [0.1, 0.15) is 7.11 Å². The van der Waals surface area contributed by atoms with E-state index in [1.54, 1.807) is 6.92 Å². The number of hydrogen-bond donors (Lipinski definition) is 1. The lowest BCUT2D eigenvalue weighted by atomic mass is 10.9. The Balaban J connectivity index is 3.55. The lowest BCUT2D eigenvalue weighted by molar-refractivity contribution is 0.194. The summed E-state index contributed by atoms with van der Waals surface area (Å²) in [6, 6.07) is 0. The predicted octanol–water partition coefficient (Wildman–Crippen LogP) is 0.808. The Labute approximate surface area is 48.0 Å². The van der Waals surface area contributed by atoms with Crippen LogP contribution >= 0.6 is 7.82 Å². The molecule has 0 amide bonds. The van der Waals surface area contributed by atoms with Crippen molar-refractivity contribution in [3.05, 3.63) is 7.11 Å². The molecule has 1 atom stereocenters. The molecular formula is C3H7O4P. The third-order valence-corrected chi connectivity index (χ3v) is 1.28. The quantitative estimate of drug-likeness (QED) is 0.586. The summed E-state index contributed by atoms with van der Waals surface area (Å²) in [5, 5.41) is 0. The van der Waals surface area contributed by atoms with Crippen molar-refractivity contribution in [1.82, 2.24) is 0 Å². The highest BCUT2D eigenvalue weighted by atomic mass is 31.2. The maximum absolute atomic E-state index is 10.2. The van der Waals surface area contributed by atoms with Crippen molar-refractivity contribution in [2.75, 3.05) is 6.61 Å². The van der Waals surface area contributed by atoms with Gasteiger partial charge >= 0.3 is 7.82 Å². The summed E-state index contributed by atoms with van der Waals surface area (Å²) in [5.41, 5.74) is 0. The molecule has 0 aliphatic rings. The molecule has 0 heterocycles. The molecule has 0 rings (SSSR count). The molecule has 0 aromatic carbocycles. The monoisotopic (exact) mass is 138 g/mol. The zero-order valence-electron chi connectivity index (χ0n) is 4.40. The minimum atomic E-state index is -3.90. The van der Waals surface area contributed by atoms with E-state index in [-0.39, 0.29) is 6.61 Å². The first-order valence-electron chi connectivity index (χ1n) is 1.98. The molecule has 0 aliphatic heterocycles. The number of hydrogen-bond acceptors (Lipinski definition) is 3. The normalized spacial score (nSPS) is 17.9. The van der Waals surface area contributed by atoms with E-state index in [1.165, 1.54) is 0 Å². The van der Waals surface area contributed by atoms with Gasteiger partial charge in [-0.05, 0) is 6.92 Å². The third-order valence-electron chi connectivity index (χ3n) is 0.425. The van der Waals surface area contributed by atoms with E-state index in [2.05, 4.69) is 16.2 Å². The standard InChI is InChI=1S/C3H7O4P/c1-3-7-8(4,5)6-2/h2H,3H2,1H3,(H,4,5). The number of phosphoric ester groups is 1. The lowest BCUT2D eigenvalue weighted by Gasteiger charge is -2.04. The van der Waals surface area contributed by atoms with Crippen molar-refractivity contribution in [2.24, 2.45) is 0 Å². The molecule has 0 fully saturated rings. The van der Waals surface area contributed by atoms with Gasteiger partial charge in [-0.3, -0.25) is 9.05 Å². The van der Waals surface area contributed by atoms with Gasteiger partial charge in [-0.15, -0.1) is 0 Å². The lowest BCUT2D eigenvalue weighted by Crippen LogP contribution is -1.87. The summed E-state index contributed by atoms with van der Waals surface area (Å²) in [4.78, 5) is 8.31. The highest BCUT2D eigenvalue weighted by Crippen LogP contribution is 2.41. The van der Waals surface area contributed by atoms with Crippen molar-refractivity contribution in [1.29, 1.82) is 0 Å². The highest BCUT2D eigenvalue weighted by Gasteiger charge is 2.16. The minimum Gasteiger partial charge on any atom is -0.302 e. The molecule has 8 heavy (non-hydrogen) atoms. The molecule has 5 heteroatoms. The zero-order chi connectivity index (χ0) is 6.62. The second-order valence-corrected chi connectivity index (χ2v) is 2.40. The van der Waals surface area contributed by atoms with Crippen LogP contribution in [0.25, 0.3) is 0 Å².